The molecule has 1 aliphatic carbocycles. The Kier molecular flexibility index (Phi) is 5.84. The van der Waals surface area contributed by atoms with Gasteiger partial charge in [0.2, 0.25) is 10.0 Å². The number of methoxy groups -OCH3 is 1. The van der Waals surface area contributed by atoms with Gasteiger partial charge in [-0.05, 0) is 38.6 Å². The zero-order chi connectivity index (χ0) is 14.6. The highest BCUT2D eigenvalue weighted by Crippen LogP contribution is 2.26. The molecule has 2 aliphatic rings. The van der Waals surface area contributed by atoms with Crippen molar-refractivity contribution in [3.05, 3.63) is 0 Å². The van der Waals surface area contributed by atoms with E-state index in [1.54, 1.807) is 14.0 Å². The van der Waals surface area contributed by atoms with Crippen molar-refractivity contribution in [1.82, 2.24) is 9.62 Å². The van der Waals surface area contributed by atoms with E-state index in [0.717, 1.165) is 32.0 Å². The standard InChI is InChI=1S/C14H28N2O3S/c1-12(19-2)11-20(17,18)15-14-7-8-16(10-14)9-13-5-3-4-6-13/h12-15H,3-11H2,1-2H3/t12-,14+/m0/s1. The fourth-order valence-electron chi connectivity index (χ4n) is 3.33. The third-order valence-corrected chi connectivity index (χ3v) is 6.07. The maximum absolute atomic E-state index is 12.0. The lowest BCUT2D eigenvalue weighted by Gasteiger charge is -2.20. The van der Waals surface area contributed by atoms with Crippen molar-refractivity contribution in [2.45, 2.75) is 51.2 Å². The summed E-state index contributed by atoms with van der Waals surface area (Å²) in [7, 11) is -1.69. The zero-order valence-corrected chi connectivity index (χ0v) is 13.5. The molecule has 1 aliphatic heterocycles. The number of hydrogen-bond acceptors (Lipinski definition) is 4. The second-order valence-corrected chi connectivity index (χ2v) is 8.14. The fraction of sp³-hybridized carbons (Fsp3) is 1.00. The molecule has 2 fully saturated rings. The van der Waals surface area contributed by atoms with Gasteiger partial charge in [0.15, 0.2) is 0 Å². The highest BCUT2D eigenvalue weighted by molar-refractivity contribution is 7.89. The second kappa shape index (κ2) is 7.20. The van der Waals surface area contributed by atoms with Crippen LogP contribution in [0.1, 0.15) is 39.0 Å². The summed E-state index contributed by atoms with van der Waals surface area (Å²) in [6.07, 6.45) is 6.08. The Labute approximate surface area is 123 Å². The van der Waals surface area contributed by atoms with Crippen LogP contribution in [0.25, 0.3) is 0 Å². The van der Waals surface area contributed by atoms with Crippen molar-refractivity contribution >= 4 is 10.0 Å². The molecule has 5 nitrogen and oxygen atoms in total. The lowest BCUT2D eigenvalue weighted by molar-refractivity contribution is 0.136. The number of sulfonamides is 1. The predicted molar refractivity (Wildman–Crippen MR) is 80.2 cm³/mol. The normalized spacial score (nSPS) is 27.2. The van der Waals surface area contributed by atoms with Crippen LogP contribution in [0.15, 0.2) is 0 Å². The molecule has 0 unspecified atom stereocenters. The van der Waals surface area contributed by atoms with Gasteiger partial charge in [0.05, 0.1) is 11.9 Å². The highest BCUT2D eigenvalue weighted by atomic mass is 32.2. The monoisotopic (exact) mass is 304 g/mol. The van der Waals surface area contributed by atoms with Gasteiger partial charge in [-0.25, -0.2) is 13.1 Å². The Morgan fingerprint density at radius 2 is 2.00 bits per heavy atom. The summed E-state index contributed by atoms with van der Waals surface area (Å²) in [6.45, 7) is 4.80. The van der Waals surface area contributed by atoms with Crippen LogP contribution in [-0.4, -0.2) is 58.0 Å². The van der Waals surface area contributed by atoms with Gasteiger partial charge in [0.25, 0.3) is 0 Å². The van der Waals surface area contributed by atoms with Gasteiger partial charge < -0.3 is 9.64 Å². The SMILES string of the molecule is CO[C@@H](C)CS(=O)(=O)N[C@@H]1CCN(CC2CCCC2)C1. The van der Waals surface area contributed by atoms with E-state index in [4.69, 9.17) is 4.74 Å². The van der Waals surface area contributed by atoms with Crippen LogP contribution in [-0.2, 0) is 14.8 Å². The maximum Gasteiger partial charge on any atom is 0.214 e. The quantitative estimate of drug-likeness (QED) is 0.768. The van der Waals surface area contributed by atoms with Crippen LogP contribution in [0.3, 0.4) is 0 Å². The Balaban J connectivity index is 1.74. The molecule has 2 atom stereocenters. The van der Waals surface area contributed by atoms with E-state index in [2.05, 4.69) is 9.62 Å². The Morgan fingerprint density at radius 3 is 2.65 bits per heavy atom. The smallest absolute Gasteiger partial charge is 0.214 e. The molecule has 2 rings (SSSR count). The summed E-state index contributed by atoms with van der Waals surface area (Å²) in [5.41, 5.74) is 0. The fourth-order valence-corrected chi connectivity index (χ4v) is 4.88. The molecule has 1 N–H and O–H groups in total. The van der Waals surface area contributed by atoms with Crippen molar-refractivity contribution in [2.75, 3.05) is 32.5 Å². The van der Waals surface area contributed by atoms with Crippen LogP contribution in [0.4, 0.5) is 0 Å². The van der Waals surface area contributed by atoms with Gasteiger partial charge in [-0.3, -0.25) is 0 Å². The van der Waals surface area contributed by atoms with Gasteiger partial charge in [-0.2, -0.15) is 0 Å². The van der Waals surface area contributed by atoms with Crippen molar-refractivity contribution in [2.24, 2.45) is 5.92 Å². The summed E-state index contributed by atoms with van der Waals surface area (Å²) in [6, 6.07) is 0.0745. The van der Waals surface area contributed by atoms with Crippen molar-refractivity contribution in [3.63, 3.8) is 0 Å². The van der Waals surface area contributed by atoms with Crippen molar-refractivity contribution in [3.8, 4) is 0 Å². The lowest BCUT2D eigenvalue weighted by atomic mass is 10.1. The lowest BCUT2D eigenvalue weighted by Crippen LogP contribution is -2.41. The van der Waals surface area contributed by atoms with E-state index in [1.165, 1.54) is 25.7 Å². The van der Waals surface area contributed by atoms with Gasteiger partial charge in [-0.15, -0.1) is 0 Å². The molecule has 0 amide bonds. The van der Waals surface area contributed by atoms with Crippen LogP contribution < -0.4 is 4.72 Å². The highest BCUT2D eigenvalue weighted by Gasteiger charge is 2.29. The van der Waals surface area contributed by atoms with Gasteiger partial charge >= 0.3 is 0 Å². The van der Waals surface area contributed by atoms with Crippen LogP contribution in [0.5, 0.6) is 0 Å². The van der Waals surface area contributed by atoms with Crippen LogP contribution >= 0.6 is 0 Å². The first-order valence-corrected chi connectivity index (χ1v) is 9.39. The number of likely N-dealkylation sites (tertiary alicyclic amines) is 1. The average molecular weight is 304 g/mol. The Hall–Kier alpha value is -0.170. The Bertz CT molecular complexity index is 393. The molecular weight excluding hydrogens is 276 g/mol. The van der Waals surface area contributed by atoms with E-state index >= 15 is 0 Å². The molecule has 6 heteroatoms. The van der Waals surface area contributed by atoms with Crippen molar-refractivity contribution < 1.29 is 13.2 Å². The topological polar surface area (TPSA) is 58.6 Å². The largest absolute Gasteiger partial charge is 0.381 e. The molecule has 118 valence electrons. The summed E-state index contributed by atoms with van der Waals surface area (Å²) < 4.78 is 31.9. The molecule has 0 spiro atoms. The molecule has 0 aromatic carbocycles. The molecule has 1 saturated carbocycles. The van der Waals surface area contributed by atoms with Gasteiger partial charge in [0, 0.05) is 26.2 Å². The molecule has 20 heavy (non-hydrogen) atoms. The zero-order valence-electron chi connectivity index (χ0n) is 12.7. The Morgan fingerprint density at radius 1 is 1.30 bits per heavy atom. The summed E-state index contributed by atoms with van der Waals surface area (Å²) in [4.78, 5) is 2.42. The van der Waals surface area contributed by atoms with Crippen LogP contribution in [0.2, 0.25) is 0 Å². The first-order valence-electron chi connectivity index (χ1n) is 7.73. The molecule has 0 radical (unpaired) electrons. The minimum absolute atomic E-state index is 0.0443. The average Bonchev–Trinajstić information content (AvgIpc) is 3.00. The molecule has 0 bridgehead atoms. The minimum Gasteiger partial charge on any atom is -0.381 e. The van der Waals surface area contributed by atoms with Crippen LogP contribution in [0, 0.1) is 5.92 Å². The first kappa shape index (κ1) is 16.2. The number of rotatable bonds is 7. The molecule has 0 aromatic heterocycles. The third-order valence-electron chi connectivity index (χ3n) is 4.47. The summed E-state index contributed by atoms with van der Waals surface area (Å²) in [5.74, 6) is 0.877. The number of nitrogens with one attached hydrogen (secondary N) is 1. The third kappa shape index (κ3) is 4.98. The van der Waals surface area contributed by atoms with E-state index in [9.17, 15) is 8.42 Å². The van der Waals surface area contributed by atoms with E-state index in [1.807, 2.05) is 0 Å². The van der Waals surface area contributed by atoms with E-state index < -0.39 is 10.0 Å². The van der Waals surface area contributed by atoms with E-state index in [-0.39, 0.29) is 17.9 Å². The van der Waals surface area contributed by atoms with Gasteiger partial charge in [-0.1, -0.05) is 12.8 Å². The number of nitrogens with zero attached hydrogens (tertiary/aromatic N) is 1. The van der Waals surface area contributed by atoms with Crippen molar-refractivity contribution in [1.29, 1.82) is 0 Å². The minimum atomic E-state index is -3.23. The van der Waals surface area contributed by atoms with E-state index in [0.29, 0.717) is 0 Å². The summed E-state index contributed by atoms with van der Waals surface area (Å²) >= 11 is 0. The molecular formula is C14H28N2O3S. The molecule has 1 saturated heterocycles. The summed E-state index contributed by atoms with van der Waals surface area (Å²) in [5, 5.41) is 0. The first-order chi connectivity index (χ1) is 9.48. The second-order valence-electron chi connectivity index (χ2n) is 6.34. The number of hydrogen-bond donors (Lipinski definition) is 1. The molecule has 0 aromatic rings. The number of ether oxygens (including phenoxy) is 1. The molecule has 1 heterocycles. The van der Waals surface area contributed by atoms with Gasteiger partial charge in [0.1, 0.15) is 0 Å². The predicted octanol–water partition coefficient (Wildman–Crippen LogP) is 1.21. The maximum atomic E-state index is 12.0.